The normalized spacial score (nSPS) is 20.4. The van der Waals surface area contributed by atoms with Gasteiger partial charge in [-0.15, -0.1) is 0 Å². The summed E-state index contributed by atoms with van der Waals surface area (Å²) >= 11 is 3.37. The first-order chi connectivity index (χ1) is 17.9. The number of aryl methyl sites for hydroxylation is 2. The van der Waals surface area contributed by atoms with Crippen LogP contribution in [0.3, 0.4) is 0 Å². The molecular weight excluding hydrogens is 544 g/mol. The third kappa shape index (κ3) is 6.32. The summed E-state index contributed by atoms with van der Waals surface area (Å²) in [6, 6.07) is 17.2. The fourth-order valence-corrected chi connectivity index (χ4v) is 5.74. The Kier molecular flexibility index (Phi) is 8.09. The molecule has 0 unspecified atom stereocenters. The van der Waals surface area contributed by atoms with E-state index in [4.69, 9.17) is 9.47 Å². The van der Waals surface area contributed by atoms with E-state index >= 15 is 0 Å². The maximum Gasteiger partial charge on any atom is 0.137 e. The van der Waals surface area contributed by atoms with Gasteiger partial charge in [-0.25, -0.2) is 8.78 Å². The highest BCUT2D eigenvalue weighted by Crippen LogP contribution is 2.36. The van der Waals surface area contributed by atoms with Crippen molar-refractivity contribution in [2.24, 2.45) is 0 Å². The Morgan fingerprint density at radius 1 is 0.838 bits per heavy atom. The molecule has 5 rings (SSSR count). The van der Waals surface area contributed by atoms with Gasteiger partial charge in [-0.2, -0.15) is 0 Å². The van der Waals surface area contributed by atoms with Crippen molar-refractivity contribution in [2.45, 2.75) is 56.6 Å². The molecule has 5 nitrogen and oxygen atoms in total. The summed E-state index contributed by atoms with van der Waals surface area (Å²) in [5.41, 5.74) is 2.64. The van der Waals surface area contributed by atoms with Gasteiger partial charge in [-0.3, -0.25) is 4.90 Å². The van der Waals surface area contributed by atoms with Crippen LogP contribution in [-0.4, -0.2) is 52.6 Å². The Morgan fingerprint density at radius 3 is 2.22 bits per heavy atom. The molecule has 3 aromatic carbocycles. The second kappa shape index (κ2) is 11.5. The molecule has 37 heavy (non-hydrogen) atoms. The van der Waals surface area contributed by atoms with E-state index in [1.807, 2.05) is 35.2 Å². The summed E-state index contributed by atoms with van der Waals surface area (Å²) in [6.45, 7) is 1.09. The van der Waals surface area contributed by atoms with Crippen LogP contribution < -0.4 is 9.47 Å². The maximum atomic E-state index is 13.8. The van der Waals surface area contributed by atoms with Gasteiger partial charge in [0.25, 0.3) is 0 Å². The molecule has 0 aromatic heterocycles. The van der Waals surface area contributed by atoms with Gasteiger partial charge in [-0.05, 0) is 88.6 Å². The van der Waals surface area contributed by atoms with Gasteiger partial charge in [0.1, 0.15) is 47.5 Å². The quantitative estimate of drug-likeness (QED) is 0.395. The lowest BCUT2D eigenvalue weighted by Gasteiger charge is -2.36. The number of aliphatic hydroxyl groups is 2. The van der Waals surface area contributed by atoms with E-state index in [1.54, 1.807) is 6.07 Å². The van der Waals surface area contributed by atoms with Crippen molar-refractivity contribution in [3.05, 3.63) is 93.5 Å². The van der Waals surface area contributed by atoms with Crippen LogP contribution in [0.1, 0.15) is 29.5 Å². The Morgan fingerprint density at radius 2 is 1.49 bits per heavy atom. The second-order valence-electron chi connectivity index (χ2n) is 9.83. The van der Waals surface area contributed by atoms with Crippen molar-refractivity contribution in [3.8, 4) is 11.5 Å². The lowest BCUT2D eigenvalue weighted by Crippen LogP contribution is -2.48. The predicted octanol–water partition coefficient (Wildman–Crippen LogP) is 5.04. The minimum absolute atomic E-state index is 0.277. The van der Waals surface area contributed by atoms with Crippen LogP contribution >= 0.6 is 15.9 Å². The van der Waals surface area contributed by atoms with Gasteiger partial charge in [0.15, 0.2) is 0 Å². The number of rotatable bonds is 8. The molecular formula is C29H30BrF2NO4. The Balaban J connectivity index is 1.27. The third-order valence-corrected chi connectivity index (χ3v) is 7.64. The van der Waals surface area contributed by atoms with Gasteiger partial charge in [0.2, 0.25) is 0 Å². The number of fused-ring (bicyclic) bond motifs is 2. The second-order valence-corrected chi connectivity index (χ2v) is 10.7. The Labute approximate surface area is 223 Å². The largest absolute Gasteiger partial charge is 0.487 e. The zero-order valence-electron chi connectivity index (χ0n) is 20.3. The number of nitrogens with zero attached hydrogens (tertiary/aromatic N) is 1. The lowest BCUT2D eigenvalue weighted by atomic mass is 9.97. The molecule has 196 valence electrons. The van der Waals surface area contributed by atoms with Crippen LogP contribution in [0.2, 0.25) is 0 Å². The van der Waals surface area contributed by atoms with Crippen LogP contribution in [0.4, 0.5) is 8.78 Å². The monoisotopic (exact) mass is 573 g/mol. The minimum atomic E-state index is -0.822. The highest BCUT2D eigenvalue weighted by molar-refractivity contribution is 9.10. The molecule has 0 amide bonds. The predicted molar refractivity (Wildman–Crippen MR) is 140 cm³/mol. The van der Waals surface area contributed by atoms with Crippen LogP contribution in [0.15, 0.2) is 65.1 Å². The molecule has 2 aliphatic rings. The molecule has 2 heterocycles. The zero-order valence-corrected chi connectivity index (χ0v) is 21.9. The molecule has 0 radical (unpaired) electrons. The first-order valence-corrected chi connectivity index (χ1v) is 13.4. The number of hydrogen-bond donors (Lipinski definition) is 2. The van der Waals surface area contributed by atoms with Crippen molar-refractivity contribution in [1.29, 1.82) is 0 Å². The standard InChI is InChI=1S/C29H30BrF2NO4/c30-23-14-22(32)13-20-7-10-28(37-29(20)23)25(35)17-33(15-18-4-2-1-3-5-18)16-24(34)27-9-6-19-12-21(31)8-11-26(19)36-27/h1-5,8,11-14,24-25,27-28,34-35H,6-7,9-10,15-17H2/t24-,25-,27+,28-/m1/s1. The average molecular weight is 574 g/mol. The molecule has 3 aromatic rings. The average Bonchev–Trinajstić information content (AvgIpc) is 2.88. The van der Waals surface area contributed by atoms with E-state index in [9.17, 15) is 19.0 Å². The lowest BCUT2D eigenvalue weighted by molar-refractivity contribution is -0.0297. The zero-order chi connectivity index (χ0) is 25.9. The fraction of sp³-hybridized carbons (Fsp3) is 0.379. The van der Waals surface area contributed by atoms with Gasteiger partial charge >= 0.3 is 0 Å². The van der Waals surface area contributed by atoms with Crippen molar-refractivity contribution >= 4 is 15.9 Å². The number of ether oxygens (including phenoxy) is 2. The SMILES string of the molecule is O[C@H](CN(Cc1ccccc1)C[C@@H](O)[C@H]1CCc2cc(F)cc(Br)c2O1)[C@@H]1CCc2cc(F)ccc2O1. The van der Waals surface area contributed by atoms with Crippen LogP contribution in [0, 0.1) is 11.6 Å². The van der Waals surface area contributed by atoms with E-state index in [0.717, 1.165) is 16.7 Å². The first kappa shape index (κ1) is 26.1. The fourth-order valence-electron chi connectivity index (χ4n) is 5.17. The van der Waals surface area contributed by atoms with Crippen LogP contribution in [-0.2, 0) is 19.4 Å². The Bertz CT molecular complexity index is 1230. The van der Waals surface area contributed by atoms with Crippen molar-refractivity contribution < 1.29 is 28.5 Å². The van der Waals surface area contributed by atoms with Crippen molar-refractivity contribution in [1.82, 2.24) is 4.90 Å². The third-order valence-electron chi connectivity index (χ3n) is 7.05. The molecule has 0 bridgehead atoms. The van der Waals surface area contributed by atoms with E-state index in [-0.39, 0.29) is 24.7 Å². The van der Waals surface area contributed by atoms with Crippen LogP contribution in [0.25, 0.3) is 0 Å². The number of hydrogen-bond acceptors (Lipinski definition) is 5. The van der Waals surface area contributed by atoms with Crippen molar-refractivity contribution in [2.75, 3.05) is 13.1 Å². The molecule has 4 atom stereocenters. The summed E-state index contributed by atoms with van der Waals surface area (Å²) in [7, 11) is 0. The highest BCUT2D eigenvalue weighted by Gasteiger charge is 2.32. The molecule has 0 spiro atoms. The summed E-state index contributed by atoms with van der Waals surface area (Å²) in [5.74, 6) is 0.544. The smallest absolute Gasteiger partial charge is 0.137 e. The molecule has 0 fully saturated rings. The molecule has 0 saturated carbocycles. The molecule has 8 heteroatoms. The molecule has 0 saturated heterocycles. The summed E-state index contributed by atoms with van der Waals surface area (Å²) in [4.78, 5) is 2.01. The van der Waals surface area contributed by atoms with E-state index in [2.05, 4.69) is 15.9 Å². The van der Waals surface area contributed by atoms with E-state index < -0.39 is 24.4 Å². The first-order valence-electron chi connectivity index (χ1n) is 12.6. The number of aliphatic hydroxyl groups excluding tert-OH is 2. The number of halogens is 3. The van der Waals surface area contributed by atoms with Gasteiger partial charge < -0.3 is 19.7 Å². The summed E-state index contributed by atoms with van der Waals surface area (Å²) in [5, 5.41) is 22.3. The van der Waals surface area contributed by atoms with Gasteiger partial charge in [0, 0.05) is 19.6 Å². The highest BCUT2D eigenvalue weighted by atomic mass is 79.9. The molecule has 2 N–H and O–H groups in total. The number of benzene rings is 3. The summed E-state index contributed by atoms with van der Waals surface area (Å²) in [6.07, 6.45) is -0.159. The molecule has 0 aliphatic carbocycles. The van der Waals surface area contributed by atoms with E-state index in [1.165, 1.54) is 24.3 Å². The minimum Gasteiger partial charge on any atom is -0.487 e. The van der Waals surface area contributed by atoms with Gasteiger partial charge in [-0.1, -0.05) is 30.3 Å². The summed E-state index contributed by atoms with van der Waals surface area (Å²) < 4.78 is 40.0. The Hall–Kier alpha value is -2.52. The molecule has 2 aliphatic heterocycles. The van der Waals surface area contributed by atoms with E-state index in [0.29, 0.717) is 48.2 Å². The van der Waals surface area contributed by atoms with Crippen LogP contribution in [0.5, 0.6) is 11.5 Å². The van der Waals surface area contributed by atoms with Crippen molar-refractivity contribution in [3.63, 3.8) is 0 Å². The maximum absolute atomic E-state index is 13.8. The van der Waals surface area contributed by atoms with Gasteiger partial charge in [0.05, 0.1) is 4.47 Å². The topological polar surface area (TPSA) is 62.2 Å².